The molecule has 0 radical (unpaired) electrons. The highest BCUT2D eigenvalue weighted by Crippen LogP contribution is 2.47. The molecule has 0 amide bonds. The van der Waals surface area contributed by atoms with Crippen LogP contribution in [0.1, 0.15) is 49.5 Å². The standard InChI is InChI=1S/C28H25N3O/c29-19-25-26(21-11-4-1-5-12-21)27(22-13-6-2-7-14-22)31(23-15-8-3-9-16-23)28(25)30-20-24-17-10-18-32-24/h1-2,4-7,10-14,17-18,20,23H,3,8-9,15-16H2/b30-20+. The summed E-state index contributed by atoms with van der Waals surface area (Å²) in [7, 11) is 0. The quantitative estimate of drug-likeness (QED) is 0.314. The lowest BCUT2D eigenvalue weighted by Crippen LogP contribution is -2.14. The molecule has 0 spiro atoms. The fraction of sp³-hybridized carbons (Fsp3) is 0.214. The van der Waals surface area contributed by atoms with Gasteiger partial charge in [-0.2, -0.15) is 5.26 Å². The van der Waals surface area contributed by atoms with Crippen molar-refractivity contribution in [2.45, 2.75) is 38.1 Å². The van der Waals surface area contributed by atoms with Crippen molar-refractivity contribution in [2.24, 2.45) is 4.99 Å². The average molecular weight is 420 g/mol. The van der Waals surface area contributed by atoms with E-state index in [2.05, 4.69) is 47.0 Å². The number of benzene rings is 2. The molecule has 0 bridgehead atoms. The predicted octanol–water partition coefficient (Wildman–Crippen LogP) is 7.54. The highest BCUT2D eigenvalue weighted by molar-refractivity contribution is 5.92. The topological polar surface area (TPSA) is 54.2 Å². The minimum Gasteiger partial charge on any atom is -0.463 e. The van der Waals surface area contributed by atoms with Crippen LogP contribution in [-0.2, 0) is 0 Å². The minimum absolute atomic E-state index is 0.312. The van der Waals surface area contributed by atoms with Gasteiger partial charge >= 0.3 is 0 Å². The van der Waals surface area contributed by atoms with E-state index in [9.17, 15) is 5.26 Å². The van der Waals surface area contributed by atoms with Gasteiger partial charge in [-0.05, 0) is 36.1 Å². The first-order chi connectivity index (χ1) is 15.9. The molecule has 2 aromatic heterocycles. The number of nitrogens with zero attached hydrogens (tertiary/aromatic N) is 3. The first-order valence-corrected chi connectivity index (χ1v) is 11.2. The predicted molar refractivity (Wildman–Crippen MR) is 128 cm³/mol. The van der Waals surface area contributed by atoms with E-state index < -0.39 is 0 Å². The van der Waals surface area contributed by atoms with Crippen molar-refractivity contribution in [3.8, 4) is 28.5 Å². The van der Waals surface area contributed by atoms with Crippen LogP contribution in [0, 0.1) is 11.3 Å². The monoisotopic (exact) mass is 419 g/mol. The summed E-state index contributed by atoms with van der Waals surface area (Å²) in [6, 6.07) is 27.1. The summed E-state index contributed by atoms with van der Waals surface area (Å²) in [6.07, 6.45) is 9.20. The first-order valence-electron chi connectivity index (χ1n) is 11.2. The molecule has 0 aliphatic heterocycles. The van der Waals surface area contributed by atoms with E-state index in [0.29, 0.717) is 23.2 Å². The summed E-state index contributed by atoms with van der Waals surface area (Å²) in [5.74, 6) is 1.39. The molecule has 4 aromatic rings. The van der Waals surface area contributed by atoms with Crippen LogP contribution >= 0.6 is 0 Å². The summed E-state index contributed by atoms with van der Waals surface area (Å²) < 4.78 is 7.81. The number of hydrogen-bond acceptors (Lipinski definition) is 3. The Bertz CT molecular complexity index is 1240. The molecule has 5 rings (SSSR count). The van der Waals surface area contributed by atoms with Gasteiger partial charge in [-0.3, -0.25) is 0 Å². The molecule has 0 N–H and O–H groups in total. The fourth-order valence-corrected chi connectivity index (χ4v) is 4.76. The Morgan fingerprint density at radius 3 is 2.19 bits per heavy atom. The summed E-state index contributed by atoms with van der Waals surface area (Å²) in [6.45, 7) is 0. The minimum atomic E-state index is 0.312. The van der Waals surface area contributed by atoms with Gasteiger partial charge in [-0.25, -0.2) is 4.99 Å². The van der Waals surface area contributed by atoms with E-state index >= 15 is 0 Å². The molecule has 0 saturated heterocycles. The maximum absolute atomic E-state index is 10.3. The van der Waals surface area contributed by atoms with E-state index in [4.69, 9.17) is 9.41 Å². The van der Waals surface area contributed by atoms with Gasteiger partial charge in [0.15, 0.2) is 5.82 Å². The smallest absolute Gasteiger partial charge is 0.152 e. The van der Waals surface area contributed by atoms with Crippen molar-refractivity contribution in [3.63, 3.8) is 0 Å². The third-order valence-electron chi connectivity index (χ3n) is 6.20. The summed E-state index contributed by atoms with van der Waals surface area (Å²) in [5, 5.41) is 10.3. The molecule has 4 nitrogen and oxygen atoms in total. The van der Waals surface area contributed by atoms with E-state index in [1.165, 1.54) is 19.3 Å². The Kier molecular flexibility index (Phi) is 5.72. The second-order valence-electron chi connectivity index (χ2n) is 8.20. The molecule has 1 aliphatic carbocycles. The Balaban J connectivity index is 1.82. The first kappa shape index (κ1) is 20.1. The van der Waals surface area contributed by atoms with Crippen LogP contribution < -0.4 is 0 Å². The molecule has 4 heteroatoms. The van der Waals surface area contributed by atoms with E-state index in [-0.39, 0.29) is 0 Å². The Morgan fingerprint density at radius 1 is 0.875 bits per heavy atom. The second kappa shape index (κ2) is 9.11. The normalized spacial score (nSPS) is 14.6. The van der Waals surface area contributed by atoms with E-state index in [0.717, 1.165) is 35.2 Å². The molecule has 1 fully saturated rings. The van der Waals surface area contributed by atoms with Crippen LogP contribution in [0.3, 0.4) is 0 Å². The van der Waals surface area contributed by atoms with Gasteiger partial charge in [-0.1, -0.05) is 79.9 Å². The van der Waals surface area contributed by atoms with Crippen molar-refractivity contribution in [1.29, 1.82) is 5.26 Å². The molecule has 0 unspecified atom stereocenters. The van der Waals surface area contributed by atoms with Gasteiger partial charge in [0.25, 0.3) is 0 Å². The molecular weight excluding hydrogens is 394 g/mol. The maximum atomic E-state index is 10.3. The van der Waals surface area contributed by atoms with Gasteiger partial charge in [0.05, 0.1) is 18.2 Å². The third kappa shape index (κ3) is 3.78. The van der Waals surface area contributed by atoms with Gasteiger partial charge in [0, 0.05) is 11.6 Å². The van der Waals surface area contributed by atoms with Crippen LogP contribution in [0.5, 0.6) is 0 Å². The Morgan fingerprint density at radius 2 is 1.56 bits per heavy atom. The molecule has 158 valence electrons. The second-order valence-corrected chi connectivity index (χ2v) is 8.20. The molecule has 32 heavy (non-hydrogen) atoms. The fourth-order valence-electron chi connectivity index (χ4n) is 4.76. The summed E-state index contributed by atoms with van der Waals surface area (Å²) >= 11 is 0. The zero-order valence-corrected chi connectivity index (χ0v) is 17.9. The average Bonchev–Trinajstić information content (AvgIpc) is 3.50. The van der Waals surface area contributed by atoms with E-state index in [1.807, 2.05) is 36.4 Å². The van der Waals surface area contributed by atoms with Crippen molar-refractivity contribution in [3.05, 3.63) is 90.4 Å². The number of nitriles is 1. The summed E-state index contributed by atoms with van der Waals surface area (Å²) in [4.78, 5) is 4.85. The third-order valence-corrected chi connectivity index (χ3v) is 6.20. The lowest BCUT2D eigenvalue weighted by molar-refractivity contribution is 0.358. The van der Waals surface area contributed by atoms with Crippen LogP contribution in [0.15, 0.2) is 88.5 Å². The van der Waals surface area contributed by atoms with Gasteiger partial charge in [-0.15, -0.1) is 0 Å². The number of furan rings is 1. The summed E-state index contributed by atoms with van der Waals surface area (Å²) in [5.41, 5.74) is 4.78. The van der Waals surface area contributed by atoms with Crippen molar-refractivity contribution in [1.82, 2.24) is 4.57 Å². The lowest BCUT2D eigenvalue weighted by Gasteiger charge is -2.27. The molecule has 1 saturated carbocycles. The highest BCUT2D eigenvalue weighted by Gasteiger charge is 2.29. The number of hydrogen-bond donors (Lipinski definition) is 0. The number of aliphatic imine (C=N–C) groups is 1. The van der Waals surface area contributed by atoms with Gasteiger partial charge in [0.1, 0.15) is 17.4 Å². The molecule has 1 aliphatic rings. The molecule has 0 atom stereocenters. The largest absolute Gasteiger partial charge is 0.463 e. The van der Waals surface area contributed by atoms with E-state index in [1.54, 1.807) is 12.5 Å². The van der Waals surface area contributed by atoms with Crippen molar-refractivity contribution < 1.29 is 4.42 Å². The lowest BCUT2D eigenvalue weighted by atomic mass is 9.94. The molecule has 2 aromatic carbocycles. The SMILES string of the molecule is N#Cc1c(-c2ccccc2)c(-c2ccccc2)n(C2CCCCC2)c1/N=C/c1ccco1. The van der Waals surface area contributed by atoms with Crippen LogP contribution in [-0.4, -0.2) is 10.8 Å². The highest BCUT2D eigenvalue weighted by atomic mass is 16.3. The van der Waals surface area contributed by atoms with Crippen LogP contribution in [0.4, 0.5) is 5.82 Å². The van der Waals surface area contributed by atoms with Gasteiger partial charge < -0.3 is 8.98 Å². The Labute approximate surface area is 188 Å². The number of aromatic nitrogens is 1. The van der Waals surface area contributed by atoms with Crippen LogP contribution in [0.25, 0.3) is 22.4 Å². The van der Waals surface area contributed by atoms with Crippen LogP contribution in [0.2, 0.25) is 0 Å². The van der Waals surface area contributed by atoms with Crippen molar-refractivity contribution >= 4 is 12.0 Å². The molecule has 2 heterocycles. The maximum Gasteiger partial charge on any atom is 0.152 e. The van der Waals surface area contributed by atoms with Gasteiger partial charge in [0.2, 0.25) is 0 Å². The van der Waals surface area contributed by atoms with Crippen molar-refractivity contribution in [2.75, 3.05) is 0 Å². The number of rotatable bonds is 5. The zero-order valence-electron chi connectivity index (χ0n) is 17.9. The molecular formula is C28H25N3O. The Hall–Kier alpha value is -3.84. The zero-order chi connectivity index (χ0) is 21.8.